The lowest BCUT2D eigenvalue weighted by Crippen LogP contribution is -2.19. The number of aryl methyl sites for hydroxylation is 1. The second-order valence-electron chi connectivity index (χ2n) is 5.28. The molecule has 0 bridgehead atoms. The van der Waals surface area contributed by atoms with Crippen LogP contribution < -0.4 is 4.90 Å². The number of anilines is 1. The van der Waals surface area contributed by atoms with E-state index in [0.29, 0.717) is 17.7 Å². The summed E-state index contributed by atoms with van der Waals surface area (Å²) in [7, 11) is 1.94. The Hall–Kier alpha value is -1.39. The minimum absolute atomic E-state index is 0.288. The van der Waals surface area contributed by atoms with Gasteiger partial charge in [0.15, 0.2) is 0 Å². The quantitative estimate of drug-likeness (QED) is 0.870. The van der Waals surface area contributed by atoms with E-state index in [2.05, 4.69) is 15.9 Å². The molecule has 0 fully saturated rings. The molecule has 2 rings (SSSR count). The summed E-state index contributed by atoms with van der Waals surface area (Å²) in [6.07, 6.45) is -0.711. The number of rotatable bonds is 4. The van der Waals surface area contributed by atoms with E-state index in [1.165, 1.54) is 6.07 Å². The minimum atomic E-state index is -0.711. The maximum absolute atomic E-state index is 13.7. The Labute approximate surface area is 133 Å². The van der Waals surface area contributed by atoms with Crippen molar-refractivity contribution in [3.63, 3.8) is 0 Å². The van der Waals surface area contributed by atoms with Crippen LogP contribution in [0.2, 0.25) is 0 Å². The van der Waals surface area contributed by atoms with Crippen molar-refractivity contribution in [3.05, 3.63) is 63.4 Å². The molecule has 2 aromatic carbocycles. The van der Waals surface area contributed by atoms with Crippen molar-refractivity contribution in [1.82, 2.24) is 0 Å². The zero-order valence-corrected chi connectivity index (χ0v) is 14.0. The molecular formula is C17H19BrFNO. The molecule has 0 amide bonds. The van der Waals surface area contributed by atoms with Crippen LogP contribution in [0, 0.1) is 12.7 Å². The van der Waals surface area contributed by atoms with Crippen LogP contribution in [-0.4, -0.2) is 12.2 Å². The molecule has 1 unspecified atom stereocenters. The van der Waals surface area contributed by atoms with Crippen LogP contribution in [0.15, 0.2) is 40.9 Å². The molecule has 2 aromatic rings. The van der Waals surface area contributed by atoms with E-state index >= 15 is 0 Å². The molecule has 4 heteroatoms. The average molecular weight is 352 g/mol. The van der Waals surface area contributed by atoms with Crippen LogP contribution in [0.3, 0.4) is 0 Å². The molecular weight excluding hydrogens is 333 g/mol. The first kappa shape index (κ1) is 16.0. The van der Waals surface area contributed by atoms with Gasteiger partial charge in [-0.1, -0.05) is 34.1 Å². The SMILES string of the molecule is Cc1cc(N(C)Cc2ccccc2Br)c(C(C)O)cc1F. The van der Waals surface area contributed by atoms with Crippen LogP contribution in [0.5, 0.6) is 0 Å². The lowest BCUT2D eigenvalue weighted by atomic mass is 10.0. The van der Waals surface area contributed by atoms with Gasteiger partial charge in [-0.2, -0.15) is 0 Å². The normalized spacial score (nSPS) is 12.3. The van der Waals surface area contributed by atoms with Crippen LogP contribution in [0.1, 0.15) is 29.7 Å². The third-order valence-electron chi connectivity index (χ3n) is 3.53. The van der Waals surface area contributed by atoms with Crippen molar-refractivity contribution < 1.29 is 9.50 Å². The summed E-state index contributed by atoms with van der Waals surface area (Å²) in [5.74, 6) is -0.288. The first-order valence-electron chi connectivity index (χ1n) is 6.82. The van der Waals surface area contributed by atoms with Crippen LogP contribution in [0.4, 0.5) is 10.1 Å². The van der Waals surface area contributed by atoms with Gasteiger partial charge in [-0.05, 0) is 43.2 Å². The van der Waals surface area contributed by atoms with Gasteiger partial charge in [-0.25, -0.2) is 4.39 Å². The van der Waals surface area contributed by atoms with Gasteiger partial charge in [0.2, 0.25) is 0 Å². The van der Waals surface area contributed by atoms with E-state index in [1.54, 1.807) is 19.9 Å². The largest absolute Gasteiger partial charge is 0.389 e. The monoisotopic (exact) mass is 351 g/mol. The third kappa shape index (κ3) is 3.63. The number of benzene rings is 2. The van der Waals surface area contributed by atoms with Crippen molar-refractivity contribution in [2.75, 3.05) is 11.9 Å². The van der Waals surface area contributed by atoms with E-state index < -0.39 is 6.10 Å². The predicted molar refractivity (Wildman–Crippen MR) is 88.0 cm³/mol. The Balaban J connectivity index is 2.37. The Bertz CT molecular complexity index is 643. The number of aliphatic hydroxyl groups is 1. The van der Waals surface area contributed by atoms with Gasteiger partial charge in [0.05, 0.1) is 6.10 Å². The summed E-state index contributed by atoms with van der Waals surface area (Å²) < 4.78 is 14.8. The molecule has 112 valence electrons. The van der Waals surface area contributed by atoms with E-state index in [9.17, 15) is 9.50 Å². The summed E-state index contributed by atoms with van der Waals surface area (Å²) >= 11 is 3.53. The van der Waals surface area contributed by atoms with Gasteiger partial charge in [0.25, 0.3) is 0 Å². The summed E-state index contributed by atoms with van der Waals surface area (Å²) in [6, 6.07) is 11.2. The predicted octanol–water partition coefficient (Wildman–Crippen LogP) is 4.59. The number of nitrogens with zero attached hydrogens (tertiary/aromatic N) is 1. The van der Waals surface area contributed by atoms with E-state index in [0.717, 1.165) is 15.7 Å². The van der Waals surface area contributed by atoms with Crippen molar-refractivity contribution in [2.45, 2.75) is 26.5 Å². The first-order valence-corrected chi connectivity index (χ1v) is 7.62. The molecule has 0 heterocycles. The fourth-order valence-corrected chi connectivity index (χ4v) is 2.72. The van der Waals surface area contributed by atoms with Crippen molar-refractivity contribution in [2.24, 2.45) is 0 Å². The zero-order chi connectivity index (χ0) is 15.6. The maximum Gasteiger partial charge on any atom is 0.126 e. The number of hydrogen-bond acceptors (Lipinski definition) is 2. The summed E-state index contributed by atoms with van der Waals surface area (Å²) in [4.78, 5) is 2.02. The van der Waals surface area contributed by atoms with Crippen molar-refractivity contribution in [3.8, 4) is 0 Å². The highest BCUT2D eigenvalue weighted by Crippen LogP contribution is 2.30. The summed E-state index contributed by atoms with van der Waals surface area (Å²) in [5.41, 5.74) is 3.17. The van der Waals surface area contributed by atoms with Crippen LogP contribution in [0.25, 0.3) is 0 Å². The second-order valence-corrected chi connectivity index (χ2v) is 6.14. The molecule has 0 radical (unpaired) electrons. The topological polar surface area (TPSA) is 23.5 Å². The number of halogens is 2. The lowest BCUT2D eigenvalue weighted by Gasteiger charge is -2.25. The van der Waals surface area contributed by atoms with E-state index in [-0.39, 0.29) is 5.82 Å². The number of aliphatic hydroxyl groups excluding tert-OH is 1. The summed E-state index contributed by atoms with van der Waals surface area (Å²) in [5, 5.41) is 9.89. The van der Waals surface area contributed by atoms with Gasteiger partial charge in [0.1, 0.15) is 5.82 Å². The smallest absolute Gasteiger partial charge is 0.126 e. The van der Waals surface area contributed by atoms with Gasteiger partial charge in [-0.3, -0.25) is 0 Å². The Morgan fingerprint density at radius 3 is 2.57 bits per heavy atom. The highest BCUT2D eigenvalue weighted by molar-refractivity contribution is 9.10. The third-order valence-corrected chi connectivity index (χ3v) is 4.31. The van der Waals surface area contributed by atoms with Crippen molar-refractivity contribution in [1.29, 1.82) is 0 Å². The number of hydrogen-bond donors (Lipinski definition) is 1. The van der Waals surface area contributed by atoms with E-state index in [4.69, 9.17) is 0 Å². The molecule has 1 N–H and O–H groups in total. The highest BCUT2D eigenvalue weighted by atomic mass is 79.9. The molecule has 2 nitrogen and oxygen atoms in total. The molecule has 0 saturated heterocycles. The lowest BCUT2D eigenvalue weighted by molar-refractivity contribution is 0.199. The van der Waals surface area contributed by atoms with Gasteiger partial charge in [-0.15, -0.1) is 0 Å². The molecule has 0 aromatic heterocycles. The zero-order valence-electron chi connectivity index (χ0n) is 12.4. The molecule has 0 spiro atoms. The van der Waals surface area contributed by atoms with Crippen LogP contribution >= 0.6 is 15.9 Å². The molecule has 0 aliphatic rings. The molecule has 21 heavy (non-hydrogen) atoms. The maximum atomic E-state index is 13.7. The molecule has 0 saturated carbocycles. The second kappa shape index (κ2) is 6.58. The van der Waals surface area contributed by atoms with Gasteiger partial charge >= 0.3 is 0 Å². The average Bonchev–Trinajstić information content (AvgIpc) is 2.43. The van der Waals surface area contributed by atoms with Gasteiger partial charge in [0, 0.05) is 29.3 Å². The molecule has 0 aliphatic heterocycles. The van der Waals surface area contributed by atoms with Crippen LogP contribution in [-0.2, 0) is 6.54 Å². The minimum Gasteiger partial charge on any atom is -0.389 e. The standard InChI is InChI=1S/C17H19BrFNO/c1-11-8-17(14(12(2)21)9-16(11)19)20(3)10-13-6-4-5-7-15(13)18/h4-9,12,21H,10H2,1-3H3. The van der Waals surface area contributed by atoms with E-state index in [1.807, 2.05) is 36.2 Å². The van der Waals surface area contributed by atoms with Crippen molar-refractivity contribution >= 4 is 21.6 Å². The molecule has 1 atom stereocenters. The van der Waals surface area contributed by atoms with Gasteiger partial charge < -0.3 is 10.0 Å². The first-order chi connectivity index (χ1) is 9.90. The Morgan fingerprint density at radius 2 is 1.95 bits per heavy atom. The summed E-state index contributed by atoms with van der Waals surface area (Å²) in [6.45, 7) is 4.06. The molecule has 0 aliphatic carbocycles. The Kier molecular flexibility index (Phi) is 5.01. The fourth-order valence-electron chi connectivity index (χ4n) is 2.31. The fraction of sp³-hybridized carbons (Fsp3) is 0.294. The Morgan fingerprint density at radius 1 is 1.29 bits per heavy atom. The highest BCUT2D eigenvalue weighted by Gasteiger charge is 2.15.